The highest BCUT2D eigenvalue weighted by Crippen LogP contribution is 2.26. The van der Waals surface area contributed by atoms with E-state index in [4.69, 9.17) is 9.47 Å². The van der Waals surface area contributed by atoms with Crippen molar-refractivity contribution in [2.45, 2.75) is 65.1 Å². The van der Waals surface area contributed by atoms with Gasteiger partial charge in [0, 0.05) is 19.5 Å². The Bertz CT molecular complexity index is 1130. The van der Waals surface area contributed by atoms with Crippen LogP contribution in [0.1, 0.15) is 56.8 Å². The molecule has 0 radical (unpaired) electrons. The van der Waals surface area contributed by atoms with Gasteiger partial charge >= 0.3 is 12.1 Å². The van der Waals surface area contributed by atoms with E-state index in [0.717, 1.165) is 11.1 Å². The van der Waals surface area contributed by atoms with Crippen molar-refractivity contribution in [1.82, 2.24) is 15.5 Å². The summed E-state index contributed by atoms with van der Waals surface area (Å²) in [5.41, 5.74) is 1.29. The van der Waals surface area contributed by atoms with Crippen LogP contribution >= 0.6 is 0 Å². The van der Waals surface area contributed by atoms with Crippen LogP contribution in [-0.2, 0) is 30.3 Å². The Morgan fingerprint density at radius 3 is 2.25 bits per heavy atom. The topological polar surface area (TPSA) is 134 Å². The molecule has 0 aromatic heterocycles. The SMILES string of the molecule is CCOC(=O)CCNC(=O)C(c1ccccc1C)N(CCO)C(=O)C(Cc1ccccc1)NC(=O)OC(C)(C)C. The molecular weight excluding hydrogens is 514 g/mol. The summed E-state index contributed by atoms with van der Waals surface area (Å²) >= 11 is 0. The number of amides is 3. The summed E-state index contributed by atoms with van der Waals surface area (Å²) in [7, 11) is 0. The second kappa shape index (κ2) is 15.6. The van der Waals surface area contributed by atoms with E-state index < -0.39 is 48.2 Å². The third-order valence-corrected chi connectivity index (χ3v) is 5.87. The van der Waals surface area contributed by atoms with E-state index in [0.29, 0.717) is 5.56 Å². The molecule has 2 unspecified atom stereocenters. The smallest absolute Gasteiger partial charge is 0.408 e. The van der Waals surface area contributed by atoms with E-state index in [1.165, 1.54) is 4.90 Å². The van der Waals surface area contributed by atoms with Gasteiger partial charge in [-0.2, -0.15) is 0 Å². The number of esters is 1. The number of aliphatic hydroxyl groups is 1. The quantitative estimate of drug-likeness (QED) is 0.324. The molecule has 10 heteroatoms. The predicted octanol–water partition coefficient (Wildman–Crippen LogP) is 3.06. The molecule has 40 heavy (non-hydrogen) atoms. The number of aliphatic hydroxyl groups excluding tert-OH is 1. The number of alkyl carbamates (subject to hydrolysis) is 1. The van der Waals surface area contributed by atoms with Crippen molar-refractivity contribution < 1.29 is 33.8 Å². The fraction of sp³-hybridized carbons (Fsp3) is 0.467. The van der Waals surface area contributed by atoms with Gasteiger partial charge in [0.05, 0.1) is 19.6 Å². The van der Waals surface area contributed by atoms with Crippen molar-refractivity contribution in [2.24, 2.45) is 0 Å². The first-order chi connectivity index (χ1) is 19.0. The largest absolute Gasteiger partial charge is 0.466 e. The number of nitrogens with zero attached hydrogens (tertiary/aromatic N) is 1. The molecule has 0 aliphatic rings. The standard InChI is InChI=1S/C30H41N3O7/c1-6-39-25(35)16-17-31-27(36)26(23-15-11-10-12-21(23)2)33(18-19-34)28(37)24(20-22-13-8-7-9-14-22)32-29(38)40-30(3,4)5/h7-15,24,26,34H,6,16-20H2,1-5H3,(H,31,36)(H,32,38). The third kappa shape index (κ3) is 10.3. The van der Waals surface area contributed by atoms with Crippen molar-refractivity contribution in [3.63, 3.8) is 0 Å². The number of benzene rings is 2. The van der Waals surface area contributed by atoms with E-state index in [1.54, 1.807) is 39.8 Å². The lowest BCUT2D eigenvalue weighted by atomic mass is 9.97. The zero-order valence-electron chi connectivity index (χ0n) is 23.9. The lowest BCUT2D eigenvalue weighted by Gasteiger charge is -2.34. The monoisotopic (exact) mass is 555 g/mol. The van der Waals surface area contributed by atoms with E-state index in [9.17, 15) is 24.3 Å². The average Bonchev–Trinajstić information content (AvgIpc) is 2.88. The van der Waals surface area contributed by atoms with E-state index in [-0.39, 0.29) is 32.5 Å². The maximum Gasteiger partial charge on any atom is 0.408 e. The van der Waals surface area contributed by atoms with Gasteiger partial charge in [-0.25, -0.2) is 4.79 Å². The van der Waals surface area contributed by atoms with E-state index >= 15 is 0 Å². The number of carbonyl (C=O) groups is 4. The van der Waals surface area contributed by atoms with Crippen LogP contribution < -0.4 is 10.6 Å². The minimum atomic E-state index is -1.14. The zero-order chi connectivity index (χ0) is 29.7. The van der Waals surface area contributed by atoms with Crippen LogP contribution in [0.4, 0.5) is 4.79 Å². The van der Waals surface area contributed by atoms with Crippen molar-refractivity contribution in [3.05, 3.63) is 71.3 Å². The number of ether oxygens (including phenoxy) is 2. The van der Waals surface area contributed by atoms with Crippen molar-refractivity contribution in [2.75, 3.05) is 26.3 Å². The molecule has 0 aliphatic carbocycles. The van der Waals surface area contributed by atoms with Crippen LogP contribution in [0.5, 0.6) is 0 Å². The lowest BCUT2D eigenvalue weighted by molar-refractivity contribution is -0.144. The molecule has 218 valence electrons. The first kappa shape index (κ1) is 32.3. The van der Waals surface area contributed by atoms with Crippen molar-refractivity contribution in [3.8, 4) is 0 Å². The molecule has 0 fully saturated rings. The second-order valence-electron chi connectivity index (χ2n) is 10.2. The van der Waals surface area contributed by atoms with E-state index in [1.807, 2.05) is 49.4 Å². The Morgan fingerprint density at radius 1 is 1.00 bits per heavy atom. The predicted molar refractivity (Wildman–Crippen MR) is 150 cm³/mol. The molecule has 2 atom stereocenters. The number of carbonyl (C=O) groups excluding carboxylic acids is 4. The fourth-order valence-corrected chi connectivity index (χ4v) is 4.14. The van der Waals surface area contributed by atoms with Crippen molar-refractivity contribution in [1.29, 1.82) is 0 Å². The Labute approximate surface area is 236 Å². The first-order valence-electron chi connectivity index (χ1n) is 13.4. The first-order valence-corrected chi connectivity index (χ1v) is 13.4. The summed E-state index contributed by atoms with van der Waals surface area (Å²) in [6.07, 6.45) is -0.687. The minimum absolute atomic E-state index is 0.00477. The molecule has 2 aromatic carbocycles. The van der Waals surface area contributed by atoms with Crippen LogP contribution in [0.25, 0.3) is 0 Å². The Kier molecular flexibility index (Phi) is 12.6. The normalized spacial score (nSPS) is 12.6. The number of rotatable bonds is 13. The summed E-state index contributed by atoms with van der Waals surface area (Å²) in [6.45, 7) is 8.29. The van der Waals surface area contributed by atoms with Crippen molar-refractivity contribution >= 4 is 23.9 Å². The third-order valence-electron chi connectivity index (χ3n) is 5.87. The maximum absolute atomic E-state index is 14.1. The molecule has 2 rings (SSSR count). The highest BCUT2D eigenvalue weighted by molar-refractivity contribution is 5.92. The van der Waals surface area contributed by atoms with Gasteiger partial charge in [0.1, 0.15) is 17.7 Å². The summed E-state index contributed by atoms with van der Waals surface area (Å²) in [6, 6.07) is 14.0. The van der Waals surface area contributed by atoms with Crippen LogP contribution in [-0.4, -0.2) is 71.8 Å². The molecule has 0 aliphatic heterocycles. The maximum atomic E-state index is 14.1. The molecule has 0 spiro atoms. The molecule has 0 heterocycles. The van der Waals surface area contributed by atoms with Gasteiger partial charge in [0.25, 0.3) is 0 Å². The molecular formula is C30H41N3O7. The Morgan fingerprint density at radius 2 is 1.65 bits per heavy atom. The van der Waals surface area contributed by atoms with Crippen LogP contribution in [0.3, 0.4) is 0 Å². The average molecular weight is 556 g/mol. The minimum Gasteiger partial charge on any atom is -0.466 e. The lowest BCUT2D eigenvalue weighted by Crippen LogP contribution is -2.54. The summed E-state index contributed by atoms with van der Waals surface area (Å²) in [4.78, 5) is 53.5. The van der Waals surface area contributed by atoms with Crippen LogP contribution in [0.15, 0.2) is 54.6 Å². The molecule has 10 nitrogen and oxygen atoms in total. The number of aryl methyl sites for hydroxylation is 1. The molecule has 0 bridgehead atoms. The van der Waals surface area contributed by atoms with Gasteiger partial charge in [-0.05, 0) is 51.3 Å². The molecule has 2 aromatic rings. The van der Waals surface area contributed by atoms with Gasteiger partial charge in [-0.15, -0.1) is 0 Å². The molecule has 0 saturated heterocycles. The Hall–Kier alpha value is -3.92. The zero-order valence-corrected chi connectivity index (χ0v) is 23.9. The van der Waals surface area contributed by atoms with Gasteiger partial charge in [0.2, 0.25) is 11.8 Å². The van der Waals surface area contributed by atoms with E-state index in [2.05, 4.69) is 10.6 Å². The fourth-order valence-electron chi connectivity index (χ4n) is 4.14. The number of hydrogen-bond donors (Lipinski definition) is 3. The number of nitrogens with one attached hydrogen (secondary N) is 2. The van der Waals surface area contributed by atoms with Crippen LogP contribution in [0, 0.1) is 6.92 Å². The van der Waals surface area contributed by atoms with Gasteiger partial charge in [-0.1, -0.05) is 54.6 Å². The molecule has 3 amide bonds. The molecule has 0 saturated carbocycles. The summed E-state index contributed by atoms with van der Waals surface area (Å²) < 4.78 is 10.3. The van der Waals surface area contributed by atoms with Gasteiger partial charge in [-0.3, -0.25) is 14.4 Å². The number of hydrogen-bond acceptors (Lipinski definition) is 7. The highest BCUT2D eigenvalue weighted by atomic mass is 16.6. The second-order valence-corrected chi connectivity index (χ2v) is 10.2. The molecule has 3 N–H and O–H groups in total. The van der Waals surface area contributed by atoms with Crippen LogP contribution in [0.2, 0.25) is 0 Å². The highest BCUT2D eigenvalue weighted by Gasteiger charge is 2.36. The van der Waals surface area contributed by atoms with Gasteiger partial charge < -0.3 is 30.1 Å². The Balaban J connectivity index is 2.45. The van der Waals surface area contributed by atoms with Gasteiger partial charge in [0.15, 0.2) is 0 Å². The summed E-state index contributed by atoms with van der Waals surface area (Å²) in [5, 5.41) is 15.3. The summed E-state index contributed by atoms with van der Waals surface area (Å²) in [5.74, 6) is -1.56.